The molecule has 1 heterocycles. The highest BCUT2D eigenvalue weighted by Crippen LogP contribution is 2.37. The summed E-state index contributed by atoms with van der Waals surface area (Å²) in [5.74, 6) is 0.810. The van der Waals surface area contributed by atoms with Gasteiger partial charge in [0.15, 0.2) is 0 Å². The van der Waals surface area contributed by atoms with Crippen molar-refractivity contribution in [2.45, 2.75) is 50.7 Å². The van der Waals surface area contributed by atoms with Gasteiger partial charge >= 0.3 is 0 Å². The number of hydrogen-bond acceptors (Lipinski definition) is 4. The lowest BCUT2D eigenvalue weighted by Gasteiger charge is -2.42. The number of hydrogen-bond donors (Lipinski definition) is 1. The third-order valence-electron chi connectivity index (χ3n) is 4.08. The van der Waals surface area contributed by atoms with Gasteiger partial charge in [0.1, 0.15) is 0 Å². The summed E-state index contributed by atoms with van der Waals surface area (Å²) in [6.07, 6.45) is 7.28. The molecule has 17 heavy (non-hydrogen) atoms. The summed E-state index contributed by atoms with van der Waals surface area (Å²) in [6.45, 7) is 2.31. The largest absolute Gasteiger partial charge is 0.377 e. The van der Waals surface area contributed by atoms with Crippen molar-refractivity contribution >= 4 is 11.3 Å². The van der Waals surface area contributed by atoms with Crippen LogP contribution in [0.25, 0.3) is 0 Å². The van der Waals surface area contributed by atoms with Gasteiger partial charge in [-0.05, 0) is 31.6 Å². The zero-order valence-corrected chi connectivity index (χ0v) is 11.5. The van der Waals surface area contributed by atoms with E-state index in [9.17, 15) is 0 Å². The zero-order chi connectivity index (χ0) is 12.3. The molecule has 3 nitrogen and oxygen atoms in total. The van der Waals surface area contributed by atoms with Gasteiger partial charge in [-0.2, -0.15) is 0 Å². The van der Waals surface area contributed by atoms with Crippen LogP contribution in [0.4, 0.5) is 0 Å². The second kappa shape index (κ2) is 5.46. The average molecular weight is 254 g/mol. The molecular formula is C13H22N2OS. The molecule has 4 heteroatoms. The molecule has 2 N–H and O–H groups in total. The normalized spacial score (nSPS) is 31.4. The first kappa shape index (κ1) is 13.0. The van der Waals surface area contributed by atoms with Crippen LogP contribution in [0.1, 0.15) is 37.6 Å². The Bertz CT molecular complexity index is 331. The van der Waals surface area contributed by atoms with Crippen molar-refractivity contribution in [1.29, 1.82) is 0 Å². The first-order valence-electron chi connectivity index (χ1n) is 6.35. The Morgan fingerprint density at radius 1 is 1.59 bits per heavy atom. The van der Waals surface area contributed by atoms with Crippen LogP contribution in [0.5, 0.6) is 0 Å². The molecule has 0 saturated heterocycles. The van der Waals surface area contributed by atoms with Crippen LogP contribution in [-0.4, -0.2) is 23.7 Å². The number of nitrogens with zero attached hydrogens (tertiary/aromatic N) is 1. The molecular weight excluding hydrogens is 232 g/mol. The first-order chi connectivity index (χ1) is 8.16. The quantitative estimate of drug-likeness (QED) is 0.898. The second-order valence-corrected chi connectivity index (χ2v) is 6.17. The van der Waals surface area contributed by atoms with Gasteiger partial charge in [-0.15, -0.1) is 11.3 Å². The van der Waals surface area contributed by atoms with Gasteiger partial charge in [-0.25, -0.2) is 4.98 Å². The average Bonchev–Trinajstić information content (AvgIpc) is 2.83. The maximum Gasteiger partial charge on any atom is 0.0941 e. The molecule has 0 aliphatic heterocycles. The minimum absolute atomic E-state index is 0.0612. The summed E-state index contributed by atoms with van der Waals surface area (Å²) >= 11 is 1.68. The third-order valence-corrected chi connectivity index (χ3v) is 4.88. The Balaban J connectivity index is 2.02. The van der Waals surface area contributed by atoms with Crippen LogP contribution >= 0.6 is 11.3 Å². The minimum Gasteiger partial charge on any atom is -0.377 e. The van der Waals surface area contributed by atoms with Crippen molar-refractivity contribution in [3.63, 3.8) is 0 Å². The van der Waals surface area contributed by atoms with Crippen molar-refractivity contribution in [1.82, 2.24) is 4.98 Å². The molecule has 0 radical (unpaired) electrons. The van der Waals surface area contributed by atoms with E-state index in [1.54, 1.807) is 18.4 Å². The van der Waals surface area contributed by atoms with Gasteiger partial charge in [0, 0.05) is 31.1 Å². The zero-order valence-electron chi connectivity index (χ0n) is 10.7. The van der Waals surface area contributed by atoms with Crippen LogP contribution in [0.3, 0.4) is 0 Å². The van der Waals surface area contributed by atoms with Gasteiger partial charge in [-0.3, -0.25) is 0 Å². The number of nitrogens with two attached hydrogens (primary N) is 1. The predicted octanol–water partition coefficient (Wildman–Crippen LogP) is 2.61. The fourth-order valence-electron chi connectivity index (χ4n) is 2.70. The molecule has 1 atom stereocenters. The molecule has 1 unspecified atom stereocenters. The van der Waals surface area contributed by atoms with E-state index in [1.165, 1.54) is 12.8 Å². The second-order valence-electron chi connectivity index (χ2n) is 5.19. The molecule has 0 spiro atoms. The molecule has 1 aromatic heterocycles. The highest BCUT2D eigenvalue weighted by molar-refractivity contribution is 7.09. The van der Waals surface area contributed by atoms with Gasteiger partial charge in [-0.1, -0.05) is 6.92 Å². The van der Waals surface area contributed by atoms with Crippen molar-refractivity contribution in [3.8, 4) is 0 Å². The monoisotopic (exact) mass is 254 g/mol. The van der Waals surface area contributed by atoms with Crippen molar-refractivity contribution < 1.29 is 4.74 Å². The Morgan fingerprint density at radius 3 is 2.82 bits per heavy atom. The van der Waals surface area contributed by atoms with Gasteiger partial charge < -0.3 is 10.5 Å². The van der Waals surface area contributed by atoms with E-state index in [1.807, 2.05) is 11.6 Å². The summed E-state index contributed by atoms with van der Waals surface area (Å²) < 4.78 is 5.79. The number of ether oxygens (including phenoxy) is 1. The fraction of sp³-hybridized carbons (Fsp3) is 0.769. The van der Waals surface area contributed by atoms with E-state index in [4.69, 9.17) is 10.5 Å². The fourth-order valence-corrected chi connectivity index (χ4v) is 3.38. The highest BCUT2D eigenvalue weighted by Gasteiger charge is 2.39. The van der Waals surface area contributed by atoms with Crippen LogP contribution in [0.2, 0.25) is 0 Å². The number of thiazole rings is 1. The summed E-state index contributed by atoms with van der Waals surface area (Å²) in [6, 6.07) is 0.0612. The summed E-state index contributed by atoms with van der Waals surface area (Å²) in [5, 5.41) is 3.12. The molecule has 1 aromatic rings. The summed E-state index contributed by atoms with van der Waals surface area (Å²) in [4.78, 5) is 4.31. The molecule has 1 aliphatic carbocycles. The van der Waals surface area contributed by atoms with E-state index < -0.39 is 0 Å². The molecule has 96 valence electrons. The highest BCUT2D eigenvalue weighted by atomic mass is 32.1. The van der Waals surface area contributed by atoms with Gasteiger partial charge in [0.25, 0.3) is 0 Å². The Hall–Kier alpha value is -0.450. The maximum absolute atomic E-state index is 6.37. The van der Waals surface area contributed by atoms with Gasteiger partial charge in [0.05, 0.1) is 10.6 Å². The lowest BCUT2D eigenvalue weighted by atomic mass is 9.75. The van der Waals surface area contributed by atoms with E-state index in [2.05, 4.69) is 11.9 Å². The lowest BCUT2D eigenvalue weighted by Crippen LogP contribution is -2.52. The molecule has 0 bridgehead atoms. The maximum atomic E-state index is 6.37. The molecule has 1 saturated carbocycles. The van der Waals surface area contributed by atoms with Crippen molar-refractivity contribution in [2.75, 3.05) is 7.11 Å². The minimum atomic E-state index is -0.127. The smallest absolute Gasteiger partial charge is 0.0941 e. The number of rotatable bonds is 4. The van der Waals surface area contributed by atoms with Crippen molar-refractivity contribution in [2.24, 2.45) is 11.7 Å². The van der Waals surface area contributed by atoms with E-state index in [0.29, 0.717) is 0 Å². The SMILES string of the molecule is COC1(C(N)Cc2nccs2)CCC(C)CC1. The van der Waals surface area contributed by atoms with Crippen LogP contribution < -0.4 is 5.73 Å². The van der Waals surface area contributed by atoms with Crippen LogP contribution in [0.15, 0.2) is 11.6 Å². The van der Waals surface area contributed by atoms with E-state index in [-0.39, 0.29) is 11.6 Å². The molecule has 0 aromatic carbocycles. The topological polar surface area (TPSA) is 48.1 Å². The molecule has 0 amide bonds. The summed E-state index contributed by atoms with van der Waals surface area (Å²) in [7, 11) is 1.80. The predicted molar refractivity (Wildman–Crippen MR) is 71.2 cm³/mol. The van der Waals surface area contributed by atoms with E-state index in [0.717, 1.165) is 30.2 Å². The third kappa shape index (κ3) is 2.87. The molecule has 1 fully saturated rings. The van der Waals surface area contributed by atoms with Crippen LogP contribution in [0, 0.1) is 5.92 Å². The Morgan fingerprint density at radius 2 is 2.29 bits per heavy atom. The number of methoxy groups -OCH3 is 1. The lowest BCUT2D eigenvalue weighted by molar-refractivity contribution is -0.0659. The first-order valence-corrected chi connectivity index (χ1v) is 7.23. The molecule has 2 rings (SSSR count). The van der Waals surface area contributed by atoms with E-state index >= 15 is 0 Å². The molecule has 1 aliphatic rings. The standard InChI is InChI=1S/C13H22N2OS/c1-10-3-5-13(16-2,6-4-10)11(14)9-12-15-7-8-17-12/h7-8,10-11H,3-6,9,14H2,1-2H3. The number of aromatic nitrogens is 1. The Labute approximate surface area is 107 Å². The Kier molecular flexibility index (Phi) is 4.17. The van der Waals surface area contributed by atoms with Crippen molar-refractivity contribution in [3.05, 3.63) is 16.6 Å². The van der Waals surface area contributed by atoms with Gasteiger partial charge in [0.2, 0.25) is 0 Å². The summed E-state index contributed by atoms with van der Waals surface area (Å²) in [5.41, 5.74) is 6.25. The van der Waals surface area contributed by atoms with Crippen LogP contribution in [-0.2, 0) is 11.2 Å².